The third-order valence-electron chi connectivity index (χ3n) is 3.43. The average Bonchev–Trinajstić information content (AvgIpc) is 2.52. The lowest BCUT2D eigenvalue weighted by atomic mass is 10.0. The second-order valence-corrected chi connectivity index (χ2v) is 4.98. The highest BCUT2D eigenvalue weighted by Crippen LogP contribution is 2.26. The molecule has 3 heteroatoms. The van der Waals surface area contributed by atoms with Crippen molar-refractivity contribution < 1.29 is 14.3 Å². The lowest BCUT2D eigenvalue weighted by molar-refractivity contribution is 0.0980. The molecular weight excluding hydrogens is 264 g/mol. The number of Topliss-reactive ketones (excluding diaryl/α,β-unsaturated/α-hetero) is 1. The zero-order chi connectivity index (χ0) is 15.2. The summed E-state index contributed by atoms with van der Waals surface area (Å²) in [5.41, 5.74) is 2.99. The van der Waals surface area contributed by atoms with Gasteiger partial charge in [-0.25, -0.2) is 0 Å². The van der Waals surface area contributed by atoms with Crippen LogP contribution in [0, 0.1) is 6.92 Å². The van der Waals surface area contributed by atoms with Crippen LogP contribution in [0.5, 0.6) is 11.5 Å². The first kappa shape index (κ1) is 15.1. The van der Waals surface area contributed by atoms with Gasteiger partial charge in [-0.2, -0.15) is 0 Å². The Balaban J connectivity index is 2.10. The van der Waals surface area contributed by atoms with E-state index in [1.807, 2.05) is 12.1 Å². The van der Waals surface area contributed by atoms with Gasteiger partial charge in [0.1, 0.15) is 11.5 Å². The van der Waals surface area contributed by atoms with Crippen molar-refractivity contribution in [2.24, 2.45) is 0 Å². The molecular formula is C18H20O3. The van der Waals surface area contributed by atoms with Crippen LogP contribution in [0.1, 0.15) is 27.9 Å². The molecule has 0 unspecified atom stereocenters. The molecule has 0 amide bonds. The Labute approximate surface area is 125 Å². The monoisotopic (exact) mass is 284 g/mol. The molecule has 0 fully saturated rings. The summed E-state index contributed by atoms with van der Waals surface area (Å²) >= 11 is 0. The lowest BCUT2D eigenvalue weighted by Gasteiger charge is -2.09. The number of carbonyl (C=O) groups is 1. The molecule has 0 aliphatic rings. The summed E-state index contributed by atoms with van der Waals surface area (Å²) in [4.78, 5) is 12.4. The minimum atomic E-state index is 0.0796. The van der Waals surface area contributed by atoms with Crippen molar-refractivity contribution >= 4 is 5.78 Å². The molecule has 0 bridgehead atoms. The second kappa shape index (κ2) is 6.93. The number of carbonyl (C=O) groups excluding carboxylic acids is 1. The topological polar surface area (TPSA) is 35.5 Å². The van der Waals surface area contributed by atoms with Gasteiger partial charge < -0.3 is 9.47 Å². The molecule has 0 N–H and O–H groups in total. The van der Waals surface area contributed by atoms with Crippen molar-refractivity contribution in [3.8, 4) is 11.5 Å². The van der Waals surface area contributed by atoms with Gasteiger partial charge >= 0.3 is 0 Å². The van der Waals surface area contributed by atoms with Crippen LogP contribution in [-0.2, 0) is 6.42 Å². The quantitative estimate of drug-likeness (QED) is 0.756. The van der Waals surface area contributed by atoms with Crippen molar-refractivity contribution in [2.45, 2.75) is 19.8 Å². The van der Waals surface area contributed by atoms with Crippen LogP contribution >= 0.6 is 0 Å². The first-order valence-electron chi connectivity index (χ1n) is 6.95. The fourth-order valence-electron chi connectivity index (χ4n) is 2.29. The summed E-state index contributed by atoms with van der Waals surface area (Å²) < 4.78 is 10.4. The molecule has 21 heavy (non-hydrogen) atoms. The van der Waals surface area contributed by atoms with Gasteiger partial charge in [0.2, 0.25) is 0 Å². The SMILES string of the molecule is COc1ccc(C(=O)CCc2cccc(C)c2)c(OC)c1. The Morgan fingerprint density at radius 2 is 1.86 bits per heavy atom. The van der Waals surface area contributed by atoms with E-state index in [9.17, 15) is 4.79 Å². The first-order valence-corrected chi connectivity index (χ1v) is 6.95. The van der Waals surface area contributed by atoms with Gasteiger partial charge in [0.15, 0.2) is 5.78 Å². The smallest absolute Gasteiger partial charge is 0.166 e. The lowest BCUT2D eigenvalue weighted by Crippen LogP contribution is -2.04. The van der Waals surface area contributed by atoms with Crippen molar-refractivity contribution in [3.05, 3.63) is 59.2 Å². The number of ether oxygens (including phenoxy) is 2. The van der Waals surface area contributed by atoms with Gasteiger partial charge in [0, 0.05) is 12.5 Å². The summed E-state index contributed by atoms with van der Waals surface area (Å²) in [6, 6.07) is 13.5. The van der Waals surface area contributed by atoms with Crippen molar-refractivity contribution in [1.29, 1.82) is 0 Å². The Hall–Kier alpha value is -2.29. The summed E-state index contributed by atoms with van der Waals surface area (Å²) in [6.07, 6.45) is 1.20. The molecule has 2 rings (SSSR count). The van der Waals surface area contributed by atoms with E-state index in [-0.39, 0.29) is 5.78 Å². The zero-order valence-corrected chi connectivity index (χ0v) is 12.7. The molecule has 0 atom stereocenters. The third kappa shape index (κ3) is 3.85. The van der Waals surface area contributed by atoms with Crippen LogP contribution in [0.25, 0.3) is 0 Å². The normalized spacial score (nSPS) is 10.2. The van der Waals surface area contributed by atoms with Crippen LogP contribution in [0.3, 0.4) is 0 Å². The number of benzene rings is 2. The molecule has 0 saturated carbocycles. The number of hydrogen-bond donors (Lipinski definition) is 0. The standard InChI is InChI=1S/C18H20O3/c1-13-5-4-6-14(11-13)7-10-17(19)16-9-8-15(20-2)12-18(16)21-3/h4-6,8-9,11-12H,7,10H2,1-3H3. The van der Waals surface area contributed by atoms with Gasteiger partial charge in [-0.1, -0.05) is 29.8 Å². The van der Waals surface area contributed by atoms with Gasteiger partial charge in [0.05, 0.1) is 19.8 Å². The Kier molecular flexibility index (Phi) is 4.99. The highest BCUT2D eigenvalue weighted by molar-refractivity contribution is 5.99. The fraction of sp³-hybridized carbons (Fsp3) is 0.278. The summed E-state index contributed by atoms with van der Waals surface area (Å²) in [5.74, 6) is 1.32. The molecule has 0 heterocycles. The van der Waals surface area contributed by atoms with Crippen LogP contribution in [0.4, 0.5) is 0 Å². The molecule has 0 aromatic heterocycles. The number of rotatable bonds is 6. The van der Waals surface area contributed by atoms with Crippen molar-refractivity contribution in [2.75, 3.05) is 14.2 Å². The average molecular weight is 284 g/mol. The Morgan fingerprint density at radius 1 is 1.05 bits per heavy atom. The van der Waals surface area contributed by atoms with E-state index >= 15 is 0 Å². The maximum Gasteiger partial charge on any atom is 0.166 e. The molecule has 0 radical (unpaired) electrons. The highest BCUT2D eigenvalue weighted by Gasteiger charge is 2.13. The molecule has 0 aliphatic heterocycles. The number of ketones is 1. The number of methoxy groups -OCH3 is 2. The molecule has 110 valence electrons. The van der Waals surface area contributed by atoms with E-state index in [4.69, 9.17) is 9.47 Å². The number of hydrogen-bond acceptors (Lipinski definition) is 3. The maximum absolute atomic E-state index is 12.4. The highest BCUT2D eigenvalue weighted by atomic mass is 16.5. The molecule has 0 saturated heterocycles. The van der Waals surface area contributed by atoms with Gasteiger partial charge in [-0.15, -0.1) is 0 Å². The van der Waals surface area contributed by atoms with Gasteiger partial charge in [-0.05, 0) is 31.0 Å². The Morgan fingerprint density at radius 3 is 2.52 bits per heavy atom. The predicted molar refractivity (Wildman–Crippen MR) is 83.4 cm³/mol. The third-order valence-corrected chi connectivity index (χ3v) is 3.43. The fourth-order valence-corrected chi connectivity index (χ4v) is 2.29. The van der Waals surface area contributed by atoms with E-state index < -0.39 is 0 Å². The maximum atomic E-state index is 12.4. The van der Waals surface area contributed by atoms with Crippen LogP contribution in [0.15, 0.2) is 42.5 Å². The summed E-state index contributed by atoms with van der Waals surface area (Å²) in [6.45, 7) is 2.05. The van der Waals surface area contributed by atoms with E-state index in [0.717, 1.165) is 6.42 Å². The van der Waals surface area contributed by atoms with Crippen LogP contribution in [-0.4, -0.2) is 20.0 Å². The van der Waals surface area contributed by atoms with Gasteiger partial charge in [0.25, 0.3) is 0 Å². The predicted octanol–water partition coefficient (Wildman–Crippen LogP) is 3.83. The van der Waals surface area contributed by atoms with Crippen LogP contribution in [0.2, 0.25) is 0 Å². The molecule has 3 nitrogen and oxygen atoms in total. The van der Waals surface area contributed by atoms with E-state index in [1.165, 1.54) is 11.1 Å². The first-order chi connectivity index (χ1) is 10.1. The van der Waals surface area contributed by atoms with E-state index in [1.54, 1.807) is 32.4 Å². The number of aryl methyl sites for hydroxylation is 2. The van der Waals surface area contributed by atoms with Crippen LogP contribution < -0.4 is 9.47 Å². The van der Waals surface area contributed by atoms with E-state index in [2.05, 4.69) is 19.1 Å². The second-order valence-electron chi connectivity index (χ2n) is 4.98. The minimum Gasteiger partial charge on any atom is -0.497 e. The summed E-state index contributed by atoms with van der Waals surface area (Å²) in [5, 5.41) is 0. The molecule has 2 aromatic rings. The largest absolute Gasteiger partial charge is 0.497 e. The molecule has 2 aromatic carbocycles. The van der Waals surface area contributed by atoms with Gasteiger partial charge in [-0.3, -0.25) is 4.79 Å². The van der Waals surface area contributed by atoms with Crippen molar-refractivity contribution in [1.82, 2.24) is 0 Å². The molecule has 0 spiro atoms. The van der Waals surface area contributed by atoms with Crippen molar-refractivity contribution in [3.63, 3.8) is 0 Å². The Bertz CT molecular complexity index is 632. The zero-order valence-electron chi connectivity index (χ0n) is 12.7. The van der Waals surface area contributed by atoms with E-state index in [0.29, 0.717) is 23.5 Å². The minimum absolute atomic E-state index is 0.0796. The summed E-state index contributed by atoms with van der Waals surface area (Å²) in [7, 11) is 3.15. The molecule has 0 aliphatic carbocycles.